The smallest absolute Gasteiger partial charge is 0.308 e. The van der Waals surface area contributed by atoms with Crippen molar-refractivity contribution >= 4 is 45.7 Å². The number of benzene rings is 8. The van der Waals surface area contributed by atoms with Gasteiger partial charge in [0.15, 0.2) is 0 Å². The van der Waals surface area contributed by atoms with Crippen LogP contribution in [0.3, 0.4) is 0 Å². The molecule has 0 aliphatic heterocycles. The number of methoxy groups -OCH3 is 1. The molecule has 9 rings (SSSR count). The van der Waals surface area contributed by atoms with E-state index in [9.17, 15) is 4.79 Å². The topological polar surface area (TPSA) is 42.0 Å². The third kappa shape index (κ3) is 10.1. The number of ether oxygens (including phenoxy) is 2. The fourth-order valence-corrected chi connectivity index (χ4v) is 10.3. The number of rotatable bonds is 14. The molecule has 8 aromatic carbocycles. The number of anilines is 6. The van der Waals surface area contributed by atoms with Crippen LogP contribution < -0.4 is 19.3 Å². The number of nitrogens with zero attached hydrogens (tertiary/aromatic N) is 2. The van der Waals surface area contributed by atoms with Gasteiger partial charge in [0.1, 0.15) is 11.5 Å². The molecule has 0 heterocycles. The Labute approximate surface area is 409 Å². The van der Waals surface area contributed by atoms with Crippen LogP contribution in [-0.4, -0.2) is 13.1 Å². The molecule has 0 aromatic heterocycles. The van der Waals surface area contributed by atoms with Crippen LogP contribution in [0, 0.1) is 27.7 Å². The summed E-state index contributed by atoms with van der Waals surface area (Å²) in [5.74, 6) is 1.02. The summed E-state index contributed by atoms with van der Waals surface area (Å²) in [6, 6.07) is 65.2. The lowest BCUT2D eigenvalue weighted by molar-refractivity contribution is -0.131. The molecule has 0 unspecified atom stereocenters. The number of carbonyl (C=O) groups excluding carboxylic acids is 1. The van der Waals surface area contributed by atoms with Crippen LogP contribution in [-0.2, 0) is 16.6 Å². The number of hydrogen-bond donors (Lipinski definition) is 0. The summed E-state index contributed by atoms with van der Waals surface area (Å²) < 4.78 is 12.0. The summed E-state index contributed by atoms with van der Waals surface area (Å²) in [5.41, 5.74) is 18.5. The lowest BCUT2D eigenvalue weighted by Gasteiger charge is -2.39. The Morgan fingerprint density at radius 3 is 1.51 bits per heavy atom. The molecule has 0 amide bonds. The molecule has 69 heavy (non-hydrogen) atoms. The van der Waals surface area contributed by atoms with Crippen molar-refractivity contribution in [2.24, 2.45) is 0 Å². The molecule has 5 heteroatoms. The predicted octanol–water partition coefficient (Wildman–Crippen LogP) is 16.7. The Morgan fingerprint density at radius 1 is 0.522 bits per heavy atom. The first-order valence-electron chi connectivity index (χ1n) is 24.2. The average Bonchev–Trinajstić information content (AvgIpc) is 3.35. The van der Waals surface area contributed by atoms with Gasteiger partial charge in [-0.25, -0.2) is 0 Å². The fourth-order valence-electron chi connectivity index (χ4n) is 10.3. The fraction of sp³-hybridized carbons (Fsp3) is 0.203. The molecule has 0 spiro atoms. The second-order valence-corrected chi connectivity index (χ2v) is 18.9. The zero-order valence-corrected chi connectivity index (χ0v) is 40.9. The summed E-state index contributed by atoms with van der Waals surface area (Å²) in [7, 11) is 1.76. The standard InChI is InChI=1S/C64H62N2O3/c1-44-20-28-55(29-21-44)65(58-17-11-14-45(2)38-58)56-30-22-50(23-31-56)41-52-42-53(26-34-62(52)68-7)64(36-9-8-10-37-64)54-27-35-63(69-49(6)67)61(43-54)48(5)51-24-32-57(33-25-51)66(59-18-12-15-46(3)39-59)60-19-13-16-47(4)40-60/h11-35,38-40,42-43H,5,8-10,36-37,41H2,1-4,6-7H3. The van der Waals surface area contributed by atoms with Crippen molar-refractivity contribution in [3.63, 3.8) is 0 Å². The van der Waals surface area contributed by atoms with Gasteiger partial charge >= 0.3 is 5.97 Å². The summed E-state index contributed by atoms with van der Waals surface area (Å²) in [4.78, 5) is 17.2. The van der Waals surface area contributed by atoms with Gasteiger partial charge in [0, 0.05) is 58.4 Å². The second kappa shape index (κ2) is 20.3. The van der Waals surface area contributed by atoms with Crippen LogP contribution in [0.5, 0.6) is 11.5 Å². The Morgan fingerprint density at radius 2 is 1.00 bits per heavy atom. The molecular formula is C64H62N2O3. The largest absolute Gasteiger partial charge is 0.496 e. The number of aryl methyl sites for hydroxylation is 4. The van der Waals surface area contributed by atoms with E-state index in [2.05, 4.69) is 220 Å². The van der Waals surface area contributed by atoms with Crippen molar-refractivity contribution < 1.29 is 14.3 Å². The average molecular weight is 907 g/mol. The van der Waals surface area contributed by atoms with E-state index >= 15 is 0 Å². The van der Waals surface area contributed by atoms with Gasteiger partial charge in [0.05, 0.1) is 7.11 Å². The van der Waals surface area contributed by atoms with Gasteiger partial charge in [0.2, 0.25) is 0 Å². The van der Waals surface area contributed by atoms with Gasteiger partial charge in [-0.15, -0.1) is 0 Å². The summed E-state index contributed by atoms with van der Waals surface area (Å²) >= 11 is 0. The lowest BCUT2D eigenvalue weighted by Crippen LogP contribution is -2.31. The molecule has 0 N–H and O–H groups in total. The maximum atomic E-state index is 12.6. The zero-order chi connectivity index (χ0) is 48.1. The van der Waals surface area contributed by atoms with Crippen molar-refractivity contribution in [1.82, 2.24) is 0 Å². The maximum absolute atomic E-state index is 12.6. The molecule has 5 nitrogen and oxygen atoms in total. The second-order valence-electron chi connectivity index (χ2n) is 18.9. The first kappa shape index (κ1) is 46.5. The zero-order valence-electron chi connectivity index (χ0n) is 40.9. The van der Waals surface area contributed by atoms with E-state index in [4.69, 9.17) is 9.47 Å². The maximum Gasteiger partial charge on any atom is 0.308 e. The van der Waals surface area contributed by atoms with Gasteiger partial charge in [-0.1, -0.05) is 122 Å². The molecular weight excluding hydrogens is 845 g/mol. The predicted molar refractivity (Wildman–Crippen MR) is 287 cm³/mol. The van der Waals surface area contributed by atoms with Crippen LogP contribution in [0.4, 0.5) is 34.1 Å². The molecule has 1 fully saturated rings. The molecule has 1 aliphatic rings. The van der Waals surface area contributed by atoms with E-state index in [0.29, 0.717) is 5.75 Å². The van der Waals surface area contributed by atoms with Gasteiger partial charge < -0.3 is 19.3 Å². The van der Waals surface area contributed by atoms with E-state index in [-0.39, 0.29) is 11.4 Å². The van der Waals surface area contributed by atoms with Gasteiger partial charge in [-0.3, -0.25) is 4.79 Å². The Hall–Kier alpha value is -7.63. The summed E-state index contributed by atoms with van der Waals surface area (Å²) in [6.45, 7) is 14.6. The highest BCUT2D eigenvalue weighted by molar-refractivity contribution is 5.85. The van der Waals surface area contributed by atoms with E-state index < -0.39 is 0 Å². The Bertz CT molecular complexity index is 3060. The van der Waals surface area contributed by atoms with Gasteiger partial charge in [0.25, 0.3) is 0 Å². The van der Waals surface area contributed by atoms with Crippen molar-refractivity contribution in [3.05, 3.63) is 244 Å². The molecule has 1 saturated carbocycles. The van der Waals surface area contributed by atoms with Crippen molar-refractivity contribution in [2.45, 2.75) is 78.6 Å². The molecule has 0 bridgehead atoms. The molecule has 1 aliphatic carbocycles. The highest BCUT2D eigenvalue weighted by Crippen LogP contribution is 2.48. The SMILES string of the molecule is C=C(c1ccc(N(c2cccc(C)c2)c2cccc(C)c2)cc1)c1cc(C2(c3ccc(OC)c(Cc4ccc(N(c5ccc(C)cc5)c5cccc(C)c5)cc4)c3)CCCCC2)ccc1OC(C)=O. The highest BCUT2D eigenvalue weighted by Gasteiger charge is 2.37. The minimum Gasteiger partial charge on any atom is -0.496 e. The van der Waals surface area contributed by atoms with E-state index in [1.165, 1.54) is 52.3 Å². The summed E-state index contributed by atoms with van der Waals surface area (Å²) in [5, 5.41) is 0. The first-order valence-corrected chi connectivity index (χ1v) is 24.2. The van der Waals surface area contributed by atoms with Crippen LogP contribution in [0.15, 0.2) is 189 Å². The number of esters is 1. The van der Waals surface area contributed by atoms with Crippen LogP contribution >= 0.6 is 0 Å². The molecule has 8 aromatic rings. The summed E-state index contributed by atoms with van der Waals surface area (Å²) in [6.07, 6.45) is 6.15. The molecule has 346 valence electrons. The van der Waals surface area contributed by atoms with Crippen LogP contribution in [0.2, 0.25) is 0 Å². The van der Waals surface area contributed by atoms with E-state index in [0.717, 1.165) is 94.2 Å². The van der Waals surface area contributed by atoms with Crippen molar-refractivity contribution in [3.8, 4) is 11.5 Å². The highest BCUT2D eigenvalue weighted by atomic mass is 16.5. The third-order valence-electron chi connectivity index (χ3n) is 13.8. The van der Waals surface area contributed by atoms with Crippen LogP contribution in [0.1, 0.15) is 94.7 Å². The molecule has 0 radical (unpaired) electrons. The lowest BCUT2D eigenvalue weighted by atomic mass is 9.64. The van der Waals surface area contributed by atoms with Crippen molar-refractivity contribution in [2.75, 3.05) is 16.9 Å². The van der Waals surface area contributed by atoms with E-state index in [1.54, 1.807) is 7.11 Å². The van der Waals surface area contributed by atoms with E-state index in [1.807, 2.05) is 6.07 Å². The third-order valence-corrected chi connectivity index (χ3v) is 13.8. The number of carbonyl (C=O) groups is 1. The normalized spacial score (nSPS) is 13.1. The molecule has 0 saturated heterocycles. The molecule has 0 atom stereocenters. The Kier molecular flexibility index (Phi) is 13.7. The number of hydrogen-bond acceptors (Lipinski definition) is 5. The monoisotopic (exact) mass is 906 g/mol. The van der Waals surface area contributed by atoms with Crippen molar-refractivity contribution in [1.29, 1.82) is 0 Å². The first-order chi connectivity index (χ1) is 33.5. The minimum absolute atomic E-state index is 0.263. The van der Waals surface area contributed by atoms with Crippen LogP contribution in [0.25, 0.3) is 5.57 Å². The minimum atomic E-state index is -0.364. The Balaban J connectivity index is 1.05. The van der Waals surface area contributed by atoms with Gasteiger partial charge in [-0.2, -0.15) is 0 Å². The van der Waals surface area contributed by atoms with Gasteiger partial charge in [-0.05, 0) is 182 Å². The quantitative estimate of drug-likeness (QED) is 0.0803.